The highest BCUT2D eigenvalue weighted by Gasteiger charge is 2.43. The van der Waals surface area contributed by atoms with Crippen LogP contribution in [0.2, 0.25) is 0 Å². The molecule has 2 fully saturated rings. The number of fused-ring (bicyclic) bond motifs is 2. The number of carbonyl (C=O) groups excluding carboxylic acids is 1. The Morgan fingerprint density at radius 1 is 1.22 bits per heavy atom. The van der Waals surface area contributed by atoms with Crippen LogP contribution in [0.3, 0.4) is 0 Å². The van der Waals surface area contributed by atoms with Crippen molar-refractivity contribution < 1.29 is 9.90 Å². The smallest absolute Gasteiger partial charge is 0.242 e. The maximum atomic E-state index is 12.7. The molecule has 2 heterocycles. The molecule has 1 aromatic carbocycles. The number of carbonyl (C=O) groups is 1. The molecule has 1 saturated heterocycles. The fraction of sp³-hybridized carbons (Fsp3) is 0.526. The second-order valence-corrected chi connectivity index (χ2v) is 7.14. The van der Waals surface area contributed by atoms with Crippen LogP contribution in [0.5, 0.6) is 0 Å². The van der Waals surface area contributed by atoms with E-state index in [-0.39, 0.29) is 11.8 Å². The molecule has 2 aromatic rings. The summed E-state index contributed by atoms with van der Waals surface area (Å²) >= 11 is 0. The minimum absolute atomic E-state index is 0.166. The SMILES string of the molecule is O=C(Cn1ccc2ccccc21)N1CC[C@@]2(O)CCCC[C@H]2C1. The summed E-state index contributed by atoms with van der Waals surface area (Å²) in [6.45, 7) is 1.79. The normalized spacial score (nSPS) is 27.9. The van der Waals surface area contributed by atoms with Crippen LogP contribution in [0, 0.1) is 5.92 Å². The Balaban J connectivity index is 1.47. The van der Waals surface area contributed by atoms with Crippen LogP contribution in [0.25, 0.3) is 10.9 Å². The van der Waals surface area contributed by atoms with Gasteiger partial charge in [-0.3, -0.25) is 4.79 Å². The van der Waals surface area contributed by atoms with Crippen molar-refractivity contribution in [3.63, 3.8) is 0 Å². The third-order valence-corrected chi connectivity index (χ3v) is 5.77. The first-order chi connectivity index (χ1) is 11.2. The number of hydrogen-bond donors (Lipinski definition) is 1. The van der Waals surface area contributed by atoms with E-state index in [1.165, 1.54) is 11.8 Å². The molecule has 2 aliphatic rings. The molecule has 0 spiro atoms. The molecule has 1 N–H and O–H groups in total. The lowest BCUT2D eigenvalue weighted by molar-refractivity contribution is -0.143. The van der Waals surface area contributed by atoms with E-state index in [9.17, 15) is 9.90 Å². The van der Waals surface area contributed by atoms with E-state index in [0.29, 0.717) is 19.6 Å². The van der Waals surface area contributed by atoms with Gasteiger partial charge in [0.05, 0.1) is 5.60 Å². The van der Waals surface area contributed by atoms with Gasteiger partial charge in [0, 0.05) is 30.7 Å². The molecule has 4 nitrogen and oxygen atoms in total. The predicted octanol–water partition coefficient (Wildman–Crippen LogP) is 2.79. The Morgan fingerprint density at radius 3 is 3.00 bits per heavy atom. The average molecular weight is 312 g/mol. The Labute approximate surface area is 136 Å². The summed E-state index contributed by atoms with van der Waals surface area (Å²) in [7, 11) is 0. The molecule has 4 heteroatoms. The molecule has 1 aliphatic carbocycles. The van der Waals surface area contributed by atoms with Gasteiger partial charge in [-0.1, -0.05) is 31.0 Å². The summed E-state index contributed by atoms with van der Waals surface area (Å²) in [5, 5.41) is 11.9. The van der Waals surface area contributed by atoms with Crippen molar-refractivity contribution in [1.82, 2.24) is 9.47 Å². The molecule has 1 aliphatic heterocycles. The van der Waals surface area contributed by atoms with Crippen LogP contribution in [0.1, 0.15) is 32.1 Å². The van der Waals surface area contributed by atoms with Crippen LogP contribution in [0.4, 0.5) is 0 Å². The summed E-state index contributed by atoms with van der Waals surface area (Å²) in [5.74, 6) is 0.425. The van der Waals surface area contributed by atoms with Gasteiger partial charge in [0.1, 0.15) is 6.54 Å². The first-order valence-electron chi connectivity index (χ1n) is 8.70. The highest BCUT2D eigenvalue weighted by molar-refractivity contribution is 5.83. The zero-order valence-corrected chi connectivity index (χ0v) is 13.4. The van der Waals surface area contributed by atoms with Crippen molar-refractivity contribution in [3.8, 4) is 0 Å². The van der Waals surface area contributed by atoms with Gasteiger partial charge in [0.2, 0.25) is 5.91 Å². The molecule has 23 heavy (non-hydrogen) atoms. The number of para-hydroxylation sites is 1. The Bertz CT molecular complexity index is 723. The standard InChI is InChI=1S/C19H24N2O2/c22-18(14-20-11-8-15-5-1-2-7-17(15)20)21-12-10-19(23)9-4-3-6-16(19)13-21/h1-2,5,7-8,11,16,23H,3-4,6,9-10,12-14H2/t16-,19-/m0/s1. The van der Waals surface area contributed by atoms with Crippen molar-refractivity contribution in [2.24, 2.45) is 5.92 Å². The summed E-state index contributed by atoms with van der Waals surface area (Å²) in [4.78, 5) is 14.7. The molecule has 1 saturated carbocycles. The summed E-state index contributed by atoms with van der Waals surface area (Å²) in [6, 6.07) is 10.2. The number of rotatable bonds is 2. The molecular weight excluding hydrogens is 288 g/mol. The zero-order chi connectivity index (χ0) is 15.9. The minimum Gasteiger partial charge on any atom is -0.389 e. The van der Waals surface area contributed by atoms with Crippen LogP contribution >= 0.6 is 0 Å². The maximum Gasteiger partial charge on any atom is 0.242 e. The summed E-state index contributed by atoms with van der Waals surface area (Å²) in [5.41, 5.74) is 0.585. The number of aliphatic hydroxyl groups is 1. The number of piperidine rings is 1. The van der Waals surface area contributed by atoms with Crippen molar-refractivity contribution >= 4 is 16.8 Å². The van der Waals surface area contributed by atoms with E-state index in [1.807, 2.05) is 27.8 Å². The Kier molecular flexibility index (Phi) is 3.64. The fourth-order valence-corrected chi connectivity index (χ4v) is 4.32. The molecule has 1 aromatic heterocycles. The van der Waals surface area contributed by atoms with E-state index in [4.69, 9.17) is 0 Å². The molecule has 2 atom stereocenters. The molecule has 122 valence electrons. The third-order valence-electron chi connectivity index (χ3n) is 5.77. The van der Waals surface area contributed by atoms with Crippen molar-refractivity contribution in [2.75, 3.05) is 13.1 Å². The van der Waals surface area contributed by atoms with E-state index in [0.717, 1.165) is 31.2 Å². The molecule has 4 rings (SSSR count). The Hall–Kier alpha value is -1.81. The number of hydrogen-bond acceptors (Lipinski definition) is 2. The van der Waals surface area contributed by atoms with E-state index < -0.39 is 5.60 Å². The second-order valence-electron chi connectivity index (χ2n) is 7.14. The van der Waals surface area contributed by atoms with Gasteiger partial charge in [0.15, 0.2) is 0 Å². The van der Waals surface area contributed by atoms with Gasteiger partial charge in [-0.25, -0.2) is 0 Å². The molecular formula is C19H24N2O2. The second kappa shape index (κ2) is 5.68. The molecule has 0 radical (unpaired) electrons. The third kappa shape index (κ3) is 2.65. The van der Waals surface area contributed by atoms with Gasteiger partial charge < -0.3 is 14.6 Å². The van der Waals surface area contributed by atoms with Crippen molar-refractivity contribution in [1.29, 1.82) is 0 Å². The average Bonchev–Trinajstić information content (AvgIpc) is 2.97. The number of amides is 1. The molecule has 0 unspecified atom stereocenters. The van der Waals surface area contributed by atoms with Crippen molar-refractivity contribution in [2.45, 2.75) is 44.2 Å². The lowest BCUT2D eigenvalue weighted by Crippen LogP contribution is -2.55. The van der Waals surface area contributed by atoms with Crippen molar-refractivity contribution in [3.05, 3.63) is 36.5 Å². The van der Waals surface area contributed by atoms with E-state index in [2.05, 4.69) is 18.2 Å². The number of aromatic nitrogens is 1. The molecule has 0 bridgehead atoms. The maximum absolute atomic E-state index is 12.7. The van der Waals surface area contributed by atoms with Gasteiger partial charge in [-0.15, -0.1) is 0 Å². The summed E-state index contributed by atoms with van der Waals surface area (Å²) in [6.07, 6.45) is 6.97. The van der Waals surface area contributed by atoms with Gasteiger partial charge in [-0.05, 0) is 36.8 Å². The van der Waals surface area contributed by atoms with Crippen LogP contribution in [-0.4, -0.2) is 39.2 Å². The largest absolute Gasteiger partial charge is 0.389 e. The van der Waals surface area contributed by atoms with Gasteiger partial charge >= 0.3 is 0 Å². The number of benzene rings is 1. The first-order valence-corrected chi connectivity index (χ1v) is 8.70. The van der Waals surface area contributed by atoms with E-state index in [1.54, 1.807) is 0 Å². The molecule has 1 amide bonds. The minimum atomic E-state index is -0.519. The first kappa shape index (κ1) is 14.8. The lowest BCUT2D eigenvalue weighted by Gasteiger charge is -2.47. The highest BCUT2D eigenvalue weighted by Crippen LogP contribution is 2.39. The van der Waals surface area contributed by atoms with Crippen LogP contribution in [0.15, 0.2) is 36.5 Å². The number of nitrogens with zero attached hydrogens (tertiary/aromatic N) is 2. The van der Waals surface area contributed by atoms with Gasteiger partial charge in [-0.2, -0.15) is 0 Å². The lowest BCUT2D eigenvalue weighted by atomic mass is 9.71. The predicted molar refractivity (Wildman–Crippen MR) is 90.0 cm³/mol. The number of likely N-dealkylation sites (tertiary alicyclic amines) is 1. The topological polar surface area (TPSA) is 45.5 Å². The summed E-state index contributed by atoms with van der Waals surface area (Å²) < 4.78 is 2.03. The monoisotopic (exact) mass is 312 g/mol. The van der Waals surface area contributed by atoms with E-state index >= 15 is 0 Å². The zero-order valence-electron chi connectivity index (χ0n) is 13.4. The quantitative estimate of drug-likeness (QED) is 0.927. The van der Waals surface area contributed by atoms with Crippen LogP contribution in [-0.2, 0) is 11.3 Å². The Morgan fingerprint density at radius 2 is 2.09 bits per heavy atom. The fourth-order valence-electron chi connectivity index (χ4n) is 4.32. The van der Waals surface area contributed by atoms with Gasteiger partial charge in [0.25, 0.3) is 0 Å². The highest BCUT2D eigenvalue weighted by atomic mass is 16.3. The van der Waals surface area contributed by atoms with Crippen LogP contribution < -0.4 is 0 Å².